The SMILES string of the molecule is NC(O)(O)CC(O)OC(N)(O)CCO. The Bertz CT molecular complexity index is 168. The maximum atomic E-state index is 9.11. The zero-order valence-corrected chi connectivity index (χ0v) is 7.50. The van der Waals surface area contributed by atoms with Crippen LogP contribution in [0.1, 0.15) is 12.8 Å². The van der Waals surface area contributed by atoms with Crippen molar-refractivity contribution in [2.24, 2.45) is 11.5 Å². The number of aliphatic hydroxyl groups is 5. The third-order valence-corrected chi connectivity index (χ3v) is 1.29. The maximum absolute atomic E-state index is 9.11. The highest BCUT2D eigenvalue weighted by atomic mass is 16.7. The summed E-state index contributed by atoms with van der Waals surface area (Å²) < 4.78 is 4.38. The lowest BCUT2D eigenvalue weighted by Crippen LogP contribution is -2.50. The van der Waals surface area contributed by atoms with Crippen LogP contribution in [0, 0.1) is 0 Å². The molecule has 0 aromatic carbocycles. The molecule has 0 aliphatic rings. The van der Waals surface area contributed by atoms with Gasteiger partial charge in [-0.15, -0.1) is 0 Å². The molecule has 0 saturated heterocycles. The molecular weight excluding hydrogens is 196 g/mol. The van der Waals surface area contributed by atoms with E-state index < -0.39 is 31.1 Å². The summed E-state index contributed by atoms with van der Waals surface area (Å²) in [5.41, 5.74) is 9.78. The third kappa shape index (κ3) is 7.12. The molecule has 0 amide bonds. The van der Waals surface area contributed by atoms with Gasteiger partial charge in [0.15, 0.2) is 6.29 Å². The Morgan fingerprint density at radius 2 is 1.71 bits per heavy atom. The first-order chi connectivity index (χ1) is 6.16. The van der Waals surface area contributed by atoms with E-state index >= 15 is 0 Å². The van der Waals surface area contributed by atoms with Gasteiger partial charge in [-0.25, -0.2) is 0 Å². The molecule has 0 saturated carbocycles. The van der Waals surface area contributed by atoms with E-state index in [0.29, 0.717) is 0 Å². The molecule has 0 spiro atoms. The van der Waals surface area contributed by atoms with Gasteiger partial charge in [0.25, 0.3) is 0 Å². The first kappa shape index (κ1) is 13.7. The Morgan fingerprint density at radius 3 is 2.07 bits per heavy atom. The fraction of sp³-hybridized carbons (Fsp3) is 1.00. The largest absolute Gasteiger partial charge is 0.396 e. The predicted molar refractivity (Wildman–Crippen MR) is 43.9 cm³/mol. The van der Waals surface area contributed by atoms with Gasteiger partial charge in [0, 0.05) is 13.0 Å². The van der Waals surface area contributed by atoms with Crippen LogP contribution in [0.3, 0.4) is 0 Å². The molecule has 8 heteroatoms. The minimum atomic E-state index is -2.62. The van der Waals surface area contributed by atoms with E-state index in [1.165, 1.54) is 0 Å². The quantitative estimate of drug-likeness (QED) is 0.221. The fourth-order valence-electron chi connectivity index (χ4n) is 0.753. The Labute approximate surface area is 80.3 Å². The van der Waals surface area contributed by atoms with Crippen LogP contribution in [-0.2, 0) is 4.74 Å². The van der Waals surface area contributed by atoms with Crippen LogP contribution in [0.4, 0.5) is 0 Å². The number of hydrogen-bond donors (Lipinski definition) is 7. The average Bonchev–Trinajstić information content (AvgIpc) is 1.78. The van der Waals surface area contributed by atoms with Crippen LogP contribution in [0.25, 0.3) is 0 Å². The van der Waals surface area contributed by atoms with Crippen molar-refractivity contribution in [2.75, 3.05) is 6.61 Å². The lowest BCUT2D eigenvalue weighted by Gasteiger charge is -2.27. The second-order valence-electron chi connectivity index (χ2n) is 2.97. The van der Waals surface area contributed by atoms with Crippen LogP contribution < -0.4 is 11.5 Å². The van der Waals surface area contributed by atoms with Crippen LogP contribution in [-0.4, -0.2) is 50.3 Å². The summed E-state index contributed by atoms with van der Waals surface area (Å²) in [5, 5.41) is 43.8. The second kappa shape index (κ2) is 4.96. The number of nitrogens with two attached hydrogens (primary N) is 2. The van der Waals surface area contributed by atoms with Gasteiger partial charge in [0.05, 0.1) is 6.42 Å². The summed E-state index contributed by atoms with van der Waals surface area (Å²) >= 11 is 0. The molecular formula is C6H16N2O6. The van der Waals surface area contributed by atoms with Crippen molar-refractivity contribution >= 4 is 0 Å². The standard InChI is InChI=1S/C6H16N2O6/c7-5(11,12)3-4(10)14-6(8,13)1-2-9/h4,9-13H,1-3,7-8H2. The molecule has 2 atom stereocenters. The molecule has 86 valence electrons. The van der Waals surface area contributed by atoms with Gasteiger partial charge in [-0.3, -0.25) is 11.5 Å². The van der Waals surface area contributed by atoms with Gasteiger partial charge in [-0.2, -0.15) is 0 Å². The van der Waals surface area contributed by atoms with Crippen molar-refractivity contribution in [3.63, 3.8) is 0 Å². The Hall–Kier alpha value is -0.320. The molecule has 0 radical (unpaired) electrons. The molecule has 2 unspecified atom stereocenters. The van der Waals surface area contributed by atoms with E-state index in [1.54, 1.807) is 0 Å². The Kier molecular flexibility index (Phi) is 4.84. The van der Waals surface area contributed by atoms with E-state index in [0.717, 1.165) is 0 Å². The van der Waals surface area contributed by atoms with Crippen molar-refractivity contribution in [1.82, 2.24) is 0 Å². The normalized spacial score (nSPS) is 19.1. The monoisotopic (exact) mass is 212 g/mol. The number of rotatable bonds is 6. The molecule has 0 heterocycles. The average molecular weight is 212 g/mol. The van der Waals surface area contributed by atoms with Gasteiger partial charge in [0.1, 0.15) is 0 Å². The smallest absolute Gasteiger partial charge is 0.226 e. The minimum absolute atomic E-state index is 0.335. The van der Waals surface area contributed by atoms with E-state index in [9.17, 15) is 0 Å². The lowest BCUT2D eigenvalue weighted by atomic mass is 10.3. The second-order valence-corrected chi connectivity index (χ2v) is 2.97. The van der Waals surface area contributed by atoms with Crippen LogP contribution >= 0.6 is 0 Å². The van der Waals surface area contributed by atoms with Crippen LogP contribution in [0.2, 0.25) is 0 Å². The van der Waals surface area contributed by atoms with E-state index in [1.807, 2.05) is 0 Å². The Morgan fingerprint density at radius 1 is 1.21 bits per heavy atom. The summed E-state index contributed by atoms with van der Waals surface area (Å²) in [6.45, 7) is -0.453. The first-order valence-corrected chi connectivity index (χ1v) is 3.88. The highest BCUT2D eigenvalue weighted by molar-refractivity contribution is 4.62. The number of aliphatic hydroxyl groups excluding tert-OH is 2. The zero-order chi connectivity index (χ0) is 11.4. The summed E-state index contributed by atoms with van der Waals surface area (Å²) in [4.78, 5) is 0. The first-order valence-electron chi connectivity index (χ1n) is 3.88. The van der Waals surface area contributed by atoms with Crippen molar-refractivity contribution in [3.8, 4) is 0 Å². The van der Waals surface area contributed by atoms with Gasteiger partial charge in [-0.05, 0) is 0 Å². The molecule has 0 aromatic rings. The molecule has 0 aliphatic carbocycles. The van der Waals surface area contributed by atoms with Crippen LogP contribution in [0.15, 0.2) is 0 Å². The highest BCUT2D eigenvalue weighted by Gasteiger charge is 2.29. The fourth-order valence-corrected chi connectivity index (χ4v) is 0.753. The molecule has 0 fully saturated rings. The number of hydrogen-bond acceptors (Lipinski definition) is 8. The minimum Gasteiger partial charge on any atom is -0.396 e. The zero-order valence-electron chi connectivity index (χ0n) is 7.50. The van der Waals surface area contributed by atoms with E-state index in [-0.39, 0.29) is 6.42 Å². The van der Waals surface area contributed by atoms with Crippen molar-refractivity contribution < 1.29 is 30.3 Å². The number of ether oxygens (including phenoxy) is 1. The van der Waals surface area contributed by atoms with Gasteiger partial charge >= 0.3 is 0 Å². The maximum Gasteiger partial charge on any atom is 0.226 e. The predicted octanol–water partition coefficient (Wildman–Crippen LogP) is -3.70. The van der Waals surface area contributed by atoms with Crippen molar-refractivity contribution in [1.29, 1.82) is 0 Å². The van der Waals surface area contributed by atoms with E-state index in [2.05, 4.69) is 4.74 Å². The topological polar surface area (TPSA) is 162 Å². The van der Waals surface area contributed by atoms with E-state index in [4.69, 9.17) is 37.0 Å². The lowest BCUT2D eigenvalue weighted by molar-refractivity contribution is -0.304. The summed E-state index contributed by atoms with van der Waals surface area (Å²) in [6.07, 6.45) is -2.84. The third-order valence-electron chi connectivity index (χ3n) is 1.29. The van der Waals surface area contributed by atoms with Crippen molar-refractivity contribution in [3.05, 3.63) is 0 Å². The molecule has 0 aliphatic heterocycles. The molecule has 14 heavy (non-hydrogen) atoms. The van der Waals surface area contributed by atoms with Gasteiger partial charge in [-0.1, -0.05) is 0 Å². The van der Waals surface area contributed by atoms with Gasteiger partial charge < -0.3 is 30.3 Å². The summed E-state index contributed by atoms with van der Waals surface area (Å²) in [6, 6.07) is 0. The molecule has 8 nitrogen and oxygen atoms in total. The Balaban J connectivity index is 3.98. The van der Waals surface area contributed by atoms with Gasteiger partial charge in [0.2, 0.25) is 11.8 Å². The summed E-state index contributed by atoms with van der Waals surface area (Å²) in [7, 11) is 0. The van der Waals surface area contributed by atoms with Crippen molar-refractivity contribution in [2.45, 2.75) is 31.0 Å². The molecule has 0 bridgehead atoms. The summed E-state index contributed by atoms with van der Waals surface area (Å²) in [5.74, 6) is -4.85. The molecule has 0 aromatic heterocycles. The molecule has 0 rings (SSSR count). The highest BCUT2D eigenvalue weighted by Crippen LogP contribution is 2.11. The molecule has 9 N–H and O–H groups in total. The van der Waals surface area contributed by atoms with Crippen LogP contribution in [0.5, 0.6) is 0 Å².